The number of hydrogen-bond donors (Lipinski definition) is 15. The number of aromatic nitrogens is 4. The van der Waals surface area contributed by atoms with E-state index in [2.05, 4.69) is 51.8 Å². The molecule has 0 aromatic carbocycles. The summed E-state index contributed by atoms with van der Waals surface area (Å²) < 4.78 is 0. The first-order valence-corrected chi connectivity index (χ1v) is 19.7. The van der Waals surface area contributed by atoms with Gasteiger partial charge in [-0.25, -0.2) is 14.8 Å². The van der Waals surface area contributed by atoms with Crippen LogP contribution in [0.2, 0.25) is 0 Å². The molecule has 340 valence electrons. The van der Waals surface area contributed by atoms with Crippen LogP contribution in [0.1, 0.15) is 69.7 Å². The van der Waals surface area contributed by atoms with E-state index in [4.69, 9.17) is 17.2 Å². The van der Waals surface area contributed by atoms with E-state index in [1.54, 1.807) is 0 Å². The molecule has 0 fully saturated rings. The van der Waals surface area contributed by atoms with E-state index in [0.717, 1.165) is 0 Å². The van der Waals surface area contributed by atoms with Gasteiger partial charge in [-0.3, -0.25) is 33.6 Å². The number of aliphatic carboxylic acids is 2. The fourth-order valence-electron chi connectivity index (χ4n) is 5.79. The van der Waals surface area contributed by atoms with Crippen LogP contribution >= 0.6 is 0 Å². The number of carboxylic acids is 2. The van der Waals surface area contributed by atoms with Crippen LogP contribution in [0.25, 0.3) is 0 Å². The standard InChI is InChI=1S/C36H59N13O12/c1-19(51)29(49-30(54)22(39)6-2-4-10-37)35(59)44-23(8-9-28(52)53)31(55)48-27(16-50)34(58)47-26(13-21-15-41-18-43-21)33(57)46-25(12-20-14-40-17-42-20)32(56)45-24(36(60)61)7-3-5-11-38/h14-15,17-19,22-27,29,50-51H,2-13,16,37-39H2,1H3,(H,40,42)(H,41,43)(H,44,59)(H,45,56)(H,46,57)(H,47,58)(H,48,55)(H,49,54)(H,52,53)(H,60,61)/t19-,22+,23+,24+,25+,26+,27+,29+/m1/s1. The molecule has 2 aromatic rings. The Morgan fingerprint density at radius 3 is 1.52 bits per heavy atom. The quantitative estimate of drug-likeness (QED) is 0.0326. The van der Waals surface area contributed by atoms with Gasteiger partial charge in [0.2, 0.25) is 35.4 Å². The SMILES string of the molecule is C[C@@H](O)[C@H](NC(=O)[C@@H](N)CCCCN)C(=O)N[C@@H](CCC(=O)O)C(=O)N[C@@H](CO)C(=O)N[C@@H](Cc1cnc[nH]1)C(=O)N[C@@H](Cc1cnc[nH]1)C(=O)N[C@@H](CCCCN)C(=O)O. The van der Waals surface area contributed by atoms with Crippen molar-refractivity contribution in [1.29, 1.82) is 0 Å². The number of hydrogen-bond acceptors (Lipinski definition) is 15. The highest BCUT2D eigenvalue weighted by Gasteiger charge is 2.35. The monoisotopic (exact) mass is 865 g/mol. The zero-order chi connectivity index (χ0) is 45.5. The molecule has 0 bridgehead atoms. The first kappa shape index (κ1) is 51.1. The van der Waals surface area contributed by atoms with E-state index < -0.39 is 115 Å². The molecule has 18 N–H and O–H groups in total. The topological polar surface area (TPSA) is 425 Å². The van der Waals surface area contributed by atoms with E-state index in [1.807, 2.05) is 0 Å². The Labute approximate surface area is 350 Å². The highest BCUT2D eigenvalue weighted by atomic mass is 16.4. The van der Waals surface area contributed by atoms with Gasteiger partial charge in [0.1, 0.15) is 36.3 Å². The molecule has 61 heavy (non-hydrogen) atoms. The molecule has 8 atom stereocenters. The van der Waals surface area contributed by atoms with Gasteiger partial charge >= 0.3 is 11.9 Å². The number of nitrogens with one attached hydrogen (secondary N) is 8. The fourth-order valence-corrected chi connectivity index (χ4v) is 5.79. The summed E-state index contributed by atoms with van der Waals surface area (Å²) in [6.07, 6.45) is 4.47. The fraction of sp³-hybridized carbons (Fsp3) is 0.611. The lowest BCUT2D eigenvalue weighted by molar-refractivity contribution is -0.142. The number of amides is 6. The first-order chi connectivity index (χ1) is 29.0. The van der Waals surface area contributed by atoms with Gasteiger partial charge in [-0.05, 0) is 58.5 Å². The minimum Gasteiger partial charge on any atom is -0.481 e. The van der Waals surface area contributed by atoms with E-state index in [-0.39, 0.29) is 25.7 Å². The van der Waals surface area contributed by atoms with Crippen LogP contribution in [-0.4, -0.2) is 156 Å². The normalized spacial score (nSPS) is 15.0. The molecule has 0 aliphatic carbocycles. The number of imidazole rings is 2. The third-order valence-corrected chi connectivity index (χ3v) is 9.25. The number of aliphatic hydroxyl groups is 2. The van der Waals surface area contributed by atoms with Gasteiger partial charge in [0.15, 0.2) is 0 Å². The number of rotatable bonds is 30. The van der Waals surface area contributed by atoms with Crippen molar-refractivity contribution in [1.82, 2.24) is 51.8 Å². The summed E-state index contributed by atoms with van der Waals surface area (Å²) >= 11 is 0. The second-order valence-corrected chi connectivity index (χ2v) is 14.2. The molecule has 25 nitrogen and oxygen atoms in total. The van der Waals surface area contributed by atoms with Gasteiger partial charge in [-0.2, -0.15) is 0 Å². The smallest absolute Gasteiger partial charge is 0.326 e. The number of carboxylic acid groups (broad SMARTS) is 2. The Bertz CT molecular complexity index is 1710. The second-order valence-electron chi connectivity index (χ2n) is 14.2. The van der Waals surface area contributed by atoms with Crippen molar-refractivity contribution in [2.45, 2.75) is 120 Å². The summed E-state index contributed by atoms with van der Waals surface area (Å²) in [6, 6.07) is -10.4. The van der Waals surface area contributed by atoms with Crippen molar-refractivity contribution in [2.24, 2.45) is 17.2 Å². The van der Waals surface area contributed by atoms with Crippen LogP contribution < -0.4 is 49.1 Å². The summed E-state index contributed by atoms with van der Waals surface area (Å²) in [5.74, 6) is -8.64. The van der Waals surface area contributed by atoms with Crippen molar-refractivity contribution in [3.05, 3.63) is 36.4 Å². The molecule has 0 aliphatic heterocycles. The van der Waals surface area contributed by atoms with Crippen molar-refractivity contribution in [3.8, 4) is 0 Å². The van der Waals surface area contributed by atoms with E-state index >= 15 is 0 Å². The summed E-state index contributed by atoms with van der Waals surface area (Å²) in [6.45, 7) is 0.802. The molecule has 25 heteroatoms. The number of carbonyl (C=O) groups excluding carboxylic acids is 6. The van der Waals surface area contributed by atoms with Crippen molar-refractivity contribution < 1.29 is 58.8 Å². The molecular weight excluding hydrogens is 806 g/mol. The van der Waals surface area contributed by atoms with Crippen molar-refractivity contribution in [3.63, 3.8) is 0 Å². The van der Waals surface area contributed by atoms with Gasteiger partial charge in [-0.15, -0.1) is 0 Å². The Kier molecular flexibility index (Phi) is 22.6. The average Bonchev–Trinajstić information content (AvgIpc) is 3.94. The van der Waals surface area contributed by atoms with Gasteiger partial charge in [-0.1, -0.05) is 6.42 Å². The number of carbonyl (C=O) groups is 8. The lowest BCUT2D eigenvalue weighted by Crippen LogP contribution is -2.61. The predicted octanol–water partition coefficient (Wildman–Crippen LogP) is -5.27. The molecule has 0 radical (unpaired) electrons. The Balaban J connectivity index is 2.30. The number of aliphatic hydroxyl groups excluding tert-OH is 2. The minimum absolute atomic E-state index is 0.0546. The zero-order valence-corrected chi connectivity index (χ0v) is 33.8. The molecule has 2 rings (SSSR count). The Morgan fingerprint density at radius 2 is 1.08 bits per heavy atom. The molecule has 0 spiro atoms. The molecule has 6 amide bonds. The van der Waals surface area contributed by atoms with Crippen molar-refractivity contribution >= 4 is 47.4 Å². The third-order valence-electron chi connectivity index (χ3n) is 9.25. The first-order valence-electron chi connectivity index (χ1n) is 19.7. The van der Waals surface area contributed by atoms with E-state index in [0.29, 0.717) is 50.2 Å². The number of H-pyrrole nitrogens is 2. The largest absolute Gasteiger partial charge is 0.481 e. The Morgan fingerprint density at radius 1 is 0.623 bits per heavy atom. The minimum atomic E-state index is -1.80. The van der Waals surface area contributed by atoms with Gasteiger partial charge < -0.3 is 79.5 Å². The number of nitrogens with two attached hydrogens (primary N) is 3. The summed E-state index contributed by atoms with van der Waals surface area (Å²) in [7, 11) is 0. The summed E-state index contributed by atoms with van der Waals surface area (Å²) in [4.78, 5) is 117. The summed E-state index contributed by atoms with van der Waals surface area (Å²) in [5.41, 5.74) is 17.6. The highest BCUT2D eigenvalue weighted by Crippen LogP contribution is 2.08. The van der Waals surface area contributed by atoms with Gasteiger partial charge in [0.05, 0.1) is 31.4 Å². The second kappa shape index (κ2) is 27.0. The molecule has 0 saturated carbocycles. The van der Waals surface area contributed by atoms with Crippen LogP contribution in [0.3, 0.4) is 0 Å². The maximum Gasteiger partial charge on any atom is 0.326 e. The maximum atomic E-state index is 13.9. The third kappa shape index (κ3) is 18.4. The molecular formula is C36H59N13O12. The van der Waals surface area contributed by atoms with Crippen LogP contribution in [0.4, 0.5) is 0 Å². The summed E-state index contributed by atoms with van der Waals surface area (Å²) in [5, 5.41) is 53.7. The Hall–Kier alpha value is -6.02. The number of unbranched alkanes of at least 4 members (excludes halogenated alkanes) is 2. The van der Waals surface area contributed by atoms with Crippen LogP contribution in [0.15, 0.2) is 25.0 Å². The maximum absolute atomic E-state index is 13.9. The van der Waals surface area contributed by atoms with Crippen LogP contribution in [0, 0.1) is 0 Å². The average molecular weight is 866 g/mol. The van der Waals surface area contributed by atoms with Crippen LogP contribution in [-0.2, 0) is 51.2 Å². The van der Waals surface area contributed by atoms with Crippen LogP contribution in [0.5, 0.6) is 0 Å². The molecule has 2 aromatic heterocycles. The van der Waals surface area contributed by atoms with Crippen molar-refractivity contribution in [2.75, 3.05) is 19.7 Å². The van der Waals surface area contributed by atoms with Gasteiger partial charge in [0, 0.05) is 43.0 Å². The predicted molar refractivity (Wildman–Crippen MR) is 213 cm³/mol. The van der Waals surface area contributed by atoms with Gasteiger partial charge in [0.25, 0.3) is 0 Å². The lowest BCUT2D eigenvalue weighted by Gasteiger charge is -2.27. The highest BCUT2D eigenvalue weighted by molar-refractivity contribution is 5.97. The number of nitrogens with zero attached hydrogens (tertiary/aromatic N) is 2. The molecule has 2 heterocycles. The zero-order valence-electron chi connectivity index (χ0n) is 33.8. The molecule has 0 unspecified atom stereocenters. The molecule has 0 aliphatic rings. The molecule has 0 saturated heterocycles. The van der Waals surface area contributed by atoms with E-state index in [1.165, 1.54) is 32.0 Å². The number of aromatic amines is 2. The lowest BCUT2D eigenvalue weighted by atomic mass is 10.1. The van der Waals surface area contributed by atoms with E-state index in [9.17, 15) is 58.8 Å².